The van der Waals surface area contributed by atoms with Crippen LogP contribution >= 0.6 is 11.3 Å². The van der Waals surface area contributed by atoms with Crippen LogP contribution in [0.5, 0.6) is 17.2 Å². The fourth-order valence-electron chi connectivity index (χ4n) is 3.94. The van der Waals surface area contributed by atoms with E-state index in [9.17, 15) is 9.59 Å². The Morgan fingerprint density at radius 3 is 2.62 bits per heavy atom. The maximum absolute atomic E-state index is 13.6. The van der Waals surface area contributed by atoms with Crippen LogP contribution in [0.4, 0.5) is 10.5 Å². The minimum atomic E-state index is -0.381. The predicted octanol–water partition coefficient (Wildman–Crippen LogP) is 4.58. The topological polar surface area (TPSA) is 89.6 Å². The number of nitrogens with one attached hydrogen (secondary N) is 1. The summed E-state index contributed by atoms with van der Waals surface area (Å²) in [6.45, 7) is 1.74. The van der Waals surface area contributed by atoms with Crippen LogP contribution < -0.4 is 19.5 Å². The highest BCUT2D eigenvalue weighted by Crippen LogP contribution is 2.33. The smallest absolute Gasteiger partial charge is 0.322 e. The van der Waals surface area contributed by atoms with Crippen molar-refractivity contribution in [1.29, 1.82) is 0 Å². The van der Waals surface area contributed by atoms with Gasteiger partial charge in [-0.15, -0.1) is 11.3 Å². The quantitative estimate of drug-likeness (QED) is 0.348. The van der Waals surface area contributed by atoms with Crippen molar-refractivity contribution in [3.05, 3.63) is 70.4 Å². The van der Waals surface area contributed by atoms with Crippen molar-refractivity contribution in [2.45, 2.75) is 19.5 Å². The number of fused-ring (bicyclic) bond motifs is 1. The first kappa shape index (κ1) is 26.3. The lowest BCUT2D eigenvalue weighted by atomic mass is 10.2. The van der Waals surface area contributed by atoms with Crippen molar-refractivity contribution in [2.75, 3.05) is 46.0 Å². The summed E-state index contributed by atoms with van der Waals surface area (Å²) in [7, 11) is 3.15. The Kier molecular flexibility index (Phi) is 9.23. The molecule has 0 spiro atoms. The van der Waals surface area contributed by atoms with Gasteiger partial charge in [-0.2, -0.15) is 0 Å². The summed E-state index contributed by atoms with van der Waals surface area (Å²) in [6.07, 6.45) is 0.593. The molecule has 9 nitrogen and oxygen atoms in total. The molecule has 0 atom stereocenters. The number of anilines is 1. The maximum atomic E-state index is 13.6. The number of carbonyl (C=O) groups is 2. The Labute approximate surface area is 220 Å². The lowest BCUT2D eigenvalue weighted by Gasteiger charge is -2.28. The molecule has 0 radical (unpaired) electrons. The zero-order valence-corrected chi connectivity index (χ0v) is 21.8. The van der Waals surface area contributed by atoms with Crippen LogP contribution in [0.2, 0.25) is 0 Å². The second-order valence-electron chi connectivity index (χ2n) is 8.42. The van der Waals surface area contributed by atoms with Gasteiger partial charge < -0.3 is 34.1 Å². The Hall–Kier alpha value is -3.76. The lowest BCUT2D eigenvalue weighted by Crippen LogP contribution is -2.44. The number of ether oxygens (including phenoxy) is 4. The molecule has 0 saturated carbocycles. The van der Waals surface area contributed by atoms with Crippen LogP contribution in [0.15, 0.2) is 60.0 Å². The van der Waals surface area contributed by atoms with Crippen molar-refractivity contribution < 1.29 is 28.5 Å². The summed E-state index contributed by atoms with van der Waals surface area (Å²) in [5.41, 5.74) is 1.45. The van der Waals surface area contributed by atoms with Crippen LogP contribution in [0, 0.1) is 0 Å². The Morgan fingerprint density at radius 1 is 1.00 bits per heavy atom. The lowest BCUT2D eigenvalue weighted by molar-refractivity contribution is -0.133. The molecule has 0 aliphatic carbocycles. The fourth-order valence-corrected chi connectivity index (χ4v) is 4.66. The Bertz CT molecular complexity index is 1190. The van der Waals surface area contributed by atoms with Crippen LogP contribution in [0.25, 0.3) is 0 Å². The average Bonchev–Trinajstić information content (AvgIpc) is 3.60. The first-order chi connectivity index (χ1) is 18.1. The van der Waals surface area contributed by atoms with Crippen LogP contribution in [-0.2, 0) is 22.6 Å². The summed E-state index contributed by atoms with van der Waals surface area (Å²) in [5, 5.41) is 4.86. The maximum Gasteiger partial charge on any atom is 0.322 e. The van der Waals surface area contributed by atoms with E-state index in [-0.39, 0.29) is 25.3 Å². The molecule has 1 aromatic heterocycles. The van der Waals surface area contributed by atoms with E-state index in [0.717, 1.165) is 10.4 Å². The number of benzene rings is 2. The van der Waals surface area contributed by atoms with Crippen LogP contribution in [-0.4, -0.2) is 62.4 Å². The molecule has 3 amide bonds. The molecule has 196 valence electrons. The number of urea groups is 1. The molecule has 1 aliphatic rings. The number of nitrogens with zero attached hydrogens (tertiary/aromatic N) is 2. The van der Waals surface area contributed by atoms with Crippen LogP contribution in [0.1, 0.15) is 16.9 Å². The molecule has 4 rings (SSSR count). The summed E-state index contributed by atoms with van der Waals surface area (Å²) >= 11 is 1.59. The molecule has 2 heterocycles. The van der Waals surface area contributed by atoms with Gasteiger partial charge in [0.1, 0.15) is 12.3 Å². The van der Waals surface area contributed by atoms with Crippen molar-refractivity contribution in [3.8, 4) is 17.2 Å². The van der Waals surface area contributed by atoms with E-state index in [0.29, 0.717) is 55.6 Å². The van der Waals surface area contributed by atoms with Gasteiger partial charge in [0, 0.05) is 31.7 Å². The monoisotopic (exact) mass is 525 g/mol. The zero-order valence-electron chi connectivity index (χ0n) is 21.0. The molecule has 1 N–H and O–H groups in total. The van der Waals surface area contributed by atoms with Gasteiger partial charge in [0.15, 0.2) is 11.5 Å². The van der Waals surface area contributed by atoms with E-state index in [2.05, 4.69) is 5.32 Å². The number of methoxy groups -OCH3 is 2. The van der Waals surface area contributed by atoms with E-state index in [1.54, 1.807) is 42.6 Å². The normalized spacial score (nSPS) is 11.7. The molecule has 3 aromatic rings. The van der Waals surface area contributed by atoms with Gasteiger partial charge in [0.2, 0.25) is 12.7 Å². The Balaban J connectivity index is 1.50. The van der Waals surface area contributed by atoms with Gasteiger partial charge >= 0.3 is 6.03 Å². The summed E-state index contributed by atoms with van der Waals surface area (Å²) in [5.74, 6) is 1.73. The number of para-hydroxylation sites is 2. The van der Waals surface area contributed by atoms with Gasteiger partial charge in [-0.05, 0) is 47.7 Å². The van der Waals surface area contributed by atoms with Gasteiger partial charge in [0.05, 0.1) is 19.3 Å². The number of hydrogen-bond acceptors (Lipinski definition) is 7. The summed E-state index contributed by atoms with van der Waals surface area (Å²) in [6, 6.07) is 16.4. The molecule has 2 aromatic carbocycles. The largest absolute Gasteiger partial charge is 0.495 e. The zero-order chi connectivity index (χ0) is 26.0. The molecule has 0 saturated heterocycles. The van der Waals surface area contributed by atoms with Crippen LogP contribution in [0.3, 0.4) is 0 Å². The second-order valence-corrected chi connectivity index (χ2v) is 9.45. The molecule has 0 unspecified atom stereocenters. The van der Waals surface area contributed by atoms with Gasteiger partial charge in [-0.25, -0.2) is 4.79 Å². The van der Waals surface area contributed by atoms with Gasteiger partial charge in [-0.3, -0.25) is 4.79 Å². The Morgan fingerprint density at radius 2 is 1.84 bits per heavy atom. The van der Waals surface area contributed by atoms with E-state index < -0.39 is 0 Å². The van der Waals surface area contributed by atoms with Gasteiger partial charge in [0.25, 0.3) is 0 Å². The van der Waals surface area contributed by atoms with E-state index in [4.69, 9.17) is 18.9 Å². The van der Waals surface area contributed by atoms with Crippen molar-refractivity contribution >= 4 is 29.0 Å². The van der Waals surface area contributed by atoms with Gasteiger partial charge in [-0.1, -0.05) is 24.3 Å². The molecule has 10 heteroatoms. The van der Waals surface area contributed by atoms with E-state index in [1.165, 1.54) is 4.90 Å². The third-order valence-corrected chi connectivity index (χ3v) is 6.69. The van der Waals surface area contributed by atoms with Crippen molar-refractivity contribution in [2.24, 2.45) is 0 Å². The van der Waals surface area contributed by atoms with E-state index in [1.807, 2.05) is 47.8 Å². The SMILES string of the molecule is COCCCN(CC(=O)N(Cc1ccc2c(c1)OCO2)Cc1cccs1)C(=O)Nc1ccccc1OC. The van der Waals surface area contributed by atoms with Crippen molar-refractivity contribution in [1.82, 2.24) is 9.80 Å². The number of rotatable bonds is 12. The number of amides is 3. The highest BCUT2D eigenvalue weighted by Gasteiger charge is 2.24. The predicted molar refractivity (Wildman–Crippen MR) is 141 cm³/mol. The first-order valence-corrected chi connectivity index (χ1v) is 12.8. The minimum Gasteiger partial charge on any atom is -0.495 e. The highest BCUT2D eigenvalue weighted by molar-refractivity contribution is 7.09. The molecule has 1 aliphatic heterocycles. The average molecular weight is 526 g/mol. The molecular formula is C27H31N3O6S. The number of thiophene rings is 1. The second kappa shape index (κ2) is 13.0. The third-order valence-electron chi connectivity index (χ3n) is 5.83. The van der Waals surface area contributed by atoms with E-state index >= 15 is 0 Å². The minimum absolute atomic E-state index is 0.0827. The molecular weight excluding hydrogens is 494 g/mol. The highest BCUT2D eigenvalue weighted by atomic mass is 32.1. The standard InChI is InChI=1S/C27H31N3O6S/c1-33-13-6-12-29(27(32)28-22-8-3-4-9-23(22)34-2)18-26(31)30(17-21-7-5-14-37-21)16-20-10-11-24-25(15-20)36-19-35-24/h3-5,7-11,14-15H,6,12-13,16-19H2,1-2H3,(H,28,32). The molecule has 0 fully saturated rings. The number of hydrogen-bond donors (Lipinski definition) is 1. The van der Waals surface area contributed by atoms with Crippen molar-refractivity contribution in [3.63, 3.8) is 0 Å². The molecule has 37 heavy (non-hydrogen) atoms. The third kappa shape index (κ3) is 7.14. The fraction of sp³-hybridized carbons (Fsp3) is 0.333. The summed E-state index contributed by atoms with van der Waals surface area (Å²) < 4.78 is 21.4. The molecule has 0 bridgehead atoms. The number of carbonyl (C=O) groups excluding carboxylic acids is 2. The summed E-state index contributed by atoms with van der Waals surface area (Å²) in [4.78, 5) is 31.2. The first-order valence-electron chi connectivity index (χ1n) is 11.9.